The van der Waals surface area contributed by atoms with E-state index in [1.165, 1.54) is 103 Å². The van der Waals surface area contributed by atoms with Gasteiger partial charge in [-0.2, -0.15) is 0 Å². The standard InChI is InChI=1S/C29H60N2O/c1-5-7-8-9-10-11-12-13-14-15-16-17-18-19-20-21-22-31-28(6-2)29(25-27(3)4)26-30-23-24-32-29/h27-28,30-31H,5-26H2,1-4H3. The molecule has 0 saturated carbocycles. The zero-order chi connectivity index (χ0) is 23.3. The van der Waals surface area contributed by atoms with Gasteiger partial charge in [0.1, 0.15) is 0 Å². The molecule has 2 atom stereocenters. The van der Waals surface area contributed by atoms with Crippen LogP contribution in [-0.2, 0) is 4.74 Å². The molecule has 1 rings (SSSR count). The molecule has 0 aromatic heterocycles. The molecule has 32 heavy (non-hydrogen) atoms. The monoisotopic (exact) mass is 452 g/mol. The van der Waals surface area contributed by atoms with Gasteiger partial charge in [0.15, 0.2) is 0 Å². The molecule has 1 heterocycles. The summed E-state index contributed by atoms with van der Waals surface area (Å²) in [4.78, 5) is 0. The largest absolute Gasteiger partial charge is 0.371 e. The molecule has 2 N–H and O–H groups in total. The molecule has 1 aliphatic heterocycles. The van der Waals surface area contributed by atoms with Crippen molar-refractivity contribution in [2.45, 2.75) is 155 Å². The van der Waals surface area contributed by atoms with Crippen LogP contribution in [0.25, 0.3) is 0 Å². The second-order valence-corrected chi connectivity index (χ2v) is 10.9. The summed E-state index contributed by atoms with van der Waals surface area (Å²) in [6.07, 6.45) is 25.2. The van der Waals surface area contributed by atoms with Crippen molar-refractivity contribution in [1.82, 2.24) is 10.6 Å². The SMILES string of the molecule is CCCCCCCCCCCCCCCCCCNC(CC)C1(CC(C)C)CNCCO1. The first kappa shape index (κ1) is 29.9. The van der Waals surface area contributed by atoms with Crippen molar-refractivity contribution in [1.29, 1.82) is 0 Å². The minimum Gasteiger partial charge on any atom is -0.371 e. The van der Waals surface area contributed by atoms with Crippen LogP contribution < -0.4 is 10.6 Å². The molecule has 0 bridgehead atoms. The van der Waals surface area contributed by atoms with Crippen LogP contribution in [-0.4, -0.2) is 37.9 Å². The Bertz CT molecular complexity index is 393. The number of hydrogen-bond acceptors (Lipinski definition) is 3. The smallest absolute Gasteiger partial charge is 0.0961 e. The minimum atomic E-state index is -0.0176. The Labute approximate surface area is 202 Å². The van der Waals surface area contributed by atoms with Gasteiger partial charge < -0.3 is 15.4 Å². The van der Waals surface area contributed by atoms with E-state index in [0.29, 0.717) is 12.0 Å². The molecule has 192 valence electrons. The van der Waals surface area contributed by atoms with Crippen molar-refractivity contribution in [3.8, 4) is 0 Å². The Hall–Kier alpha value is -0.120. The fourth-order valence-electron chi connectivity index (χ4n) is 5.52. The minimum absolute atomic E-state index is 0.0176. The van der Waals surface area contributed by atoms with Gasteiger partial charge in [0.05, 0.1) is 12.2 Å². The summed E-state index contributed by atoms with van der Waals surface area (Å²) in [6, 6.07) is 0.467. The molecule has 2 unspecified atom stereocenters. The van der Waals surface area contributed by atoms with E-state index in [4.69, 9.17) is 4.74 Å². The van der Waals surface area contributed by atoms with Crippen molar-refractivity contribution >= 4 is 0 Å². The molecule has 0 aromatic carbocycles. The van der Waals surface area contributed by atoms with Crippen LogP contribution >= 0.6 is 0 Å². The topological polar surface area (TPSA) is 33.3 Å². The molecular formula is C29H60N2O. The first-order valence-electron chi connectivity index (χ1n) is 14.7. The first-order valence-corrected chi connectivity index (χ1v) is 14.7. The van der Waals surface area contributed by atoms with Gasteiger partial charge in [-0.05, 0) is 31.7 Å². The lowest BCUT2D eigenvalue weighted by atomic mass is 9.83. The third-order valence-corrected chi connectivity index (χ3v) is 7.31. The summed E-state index contributed by atoms with van der Waals surface area (Å²) < 4.78 is 6.39. The Morgan fingerprint density at radius 3 is 1.66 bits per heavy atom. The molecule has 1 saturated heterocycles. The molecule has 0 radical (unpaired) electrons. The molecule has 3 nitrogen and oxygen atoms in total. The van der Waals surface area contributed by atoms with Crippen LogP contribution in [0.4, 0.5) is 0 Å². The van der Waals surface area contributed by atoms with Crippen LogP contribution in [0.3, 0.4) is 0 Å². The summed E-state index contributed by atoms with van der Waals surface area (Å²) in [5.41, 5.74) is -0.0176. The molecule has 0 amide bonds. The second kappa shape index (κ2) is 20.3. The molecule has 0 aromatic rings. The first-order chi connectivity index (χ1) is 15.6. The van der Waals surface area contributed by atoms with Crippen molar-refractivity contribution in [3.63, 3.8) is 0 Å². The van der Waals surface area contributed by atoms with Crippen LogP contribution in [0.5, 0.6) is 0 Å². The second-order valence-electron chi connectivity index (χ2n) is 10.9. The van der Waals surface area contributed by atoms with Crippen LogP contribution in [0.1, 0.15) is 143 Å². The number of nitrogens with one attached hydrogen (secondary N) is 2. The Balaban J connectivity index is 1.96. The lowest BCUT2D eigenvalue weighted by Crippen LogP contribution is -2.61. The molecule has 3 heteroatoms. The quantitative estimate of drug-likeness (QED) is 0.163. The van der Waals surface area contributed by atoms with Gasteiger partial charge in [-0.15, -0.1) is 0 Å². The maximum atomic E-state index is 6.39. The third-order valence-electron chi connectivity index (χ3n) is 7.31. The highest BCUT2D eigenvalue weighted by atomic mass is 16.5. The third kappa shape index (κ3) is 14.2. The van der Waals surface area contributed by atoms with E-state index in [2.05, 4.69) is 38.3 Å². The predicted octanol–water partition coefficient (Wildman–Crippen LogP) is 8.02. The Morgan fingerprint density at radius 2 is 1.25 bits per heavy atom. The van der Waals surface area contributed by atoms with E-state index in [1.807, 2.05) is 0 Å². The van der Waals surface area contributed by atoms with E-state index in [0.717, 1.165) is 39.1 Å². The highest BCUT2D eigenvalue weighted by molar-refractivity contribution is 4.97. The molecule has 1 fully saturated rings. The highest BCUT2D eigenvalue weighted by Crippen LogP contribution is 2.28. The fraction of sp³-hybridized carbons (Fsp3) is 1.00. The molecule has 1 aliphatic rings. The number of rotatable bonds is 22. The van der Waals surface area contributed by atoms with Gasteiger partial charge in [0, 0.05) is 19.1 Å². The van der Waals surface area contributed by atoms with Crippen molar-refractivity contribution in [3.05, 3.63) is 0 Å². The van der Waals surface area contributed by atoms with E-state index < -0.39 is 0 Å². The summed E-state index contributed by atoms with van der Waals surface area (Å²) in [6.45, 7) is 13.2. The lowest BCUT2D eigenvalue weighted by Gasteiger charge is -2.45. The van der Waals surface area contributed by atoms with E-state index >= 15 is 0 Å². The average Bonchev–Trinajstić information content (AvgIpc) is 2.78. The fourth-order valence-corrected chi connectivity index (χ4v) is 5.52. The van der Waals surface area contributed by atoms with Gasteiger partial charge in [-0.1, -0.05) is 124 Å². The van der Waals surface area contributed by atoms with Gasteiger partial charge in [-0.25, -0.2) is 0 Å². The number of hydrogen-bond donors (Lipinski definition) is 2. The number of ether oxygens (including phenoxy) is 1. The summed E-state index contributed by atoms with van der Waals surface area (Å²) >= 11 is 0. The Kier molecular flexibility index (Phi) is 18.9. The van der Waals surface area contributed by atoms with E-state index in [1.54, 1.807) is 0 Å². The number of morpholine rings is 1. The maximum absolute atomic E-state index is 6.39. The van der Waals surface area contributed by atoms with Crippen LogP contribution in [0.2, 0.25) is 0 Å². The molecule has 0 spiro atoms. The Morgan fingerprint density at radius 1 is 0.750 bits per heavy atom. The van der Waals surface area contributed by atoms with E-state index in [-0.39, 0.29) is 5.60 Å². The normalized spacial score (nSPS) is 20.2. The van der Waals surface area contributed by atoms with Gasteiger partial charge in [0.2, 0.25) is 0 Å². The van der Waals surface area contributed by atoms with Gasteiger partial charge >= 0.3 is 0 Å². The maximum Gasteiger partial charge on any atom is 0.0961 e. The summed E-state index contributed by atoms with van der Waals surface area (Å²) in [5, 5.41) is 7.46. The zero-order valence-corrected chi connectivity index (χ0v) is 22.6. The van der Waals surface area contributed by atoms with Crippen molar-refractivity contribution in [2.75, 3.05) is 26.2 Å². The van der Waals surface area contributed by atoms with Gasteiger partial charge in [0.25, 0.3) is 0 Å². The number of unbranched alkanes of at least 4 members (excludes halogenated alkanes) is 15. The van der Waals surface area contributed by atoms with Crippen molar-refractivity contribution in [2.24, 2.45) is 5.92 Å². The summed E-state index contributed by atoms with van der Waals surface area (Å²) in [7, 11) is 0. The highest BCUT2D eigenvalue weighted by Gasteiger charge is 2.40. The zero-order valence-electron chi connectivity index (χ0n) is 22.6. The van der Waals surface area contributed by atoms with Gasteiger partial charge in [-0.3, -0.25) is 0 Å². The van der Waals surface area contributed by atoms with Crippen LogP contribution in [0, 0.1) is 5.92 Å². The molecular weight excluding hydrogens is 392 g/mol. The molecule has 0 aliphatic carbocycles. The van der Waals surface area contributed by atoms with Crippen molar-refractivity contribution < 1.29 is 4.74 Å². The summed E-state index contributed by atoms with van der Waals surface area (Å²) in [5.74, 6) is 0.668. The van der Waals surface area contributed by atoms with E-state index in [9.17, 15) is 0 Å². The van der Waals surface area contributed by atoms with Crippen LogP contribution in [0.15, 0.2) is 0 Å². The average molecular weight is 453 g/mol. The lowest BCUT2D eigenvalue weighted by molar-refractivity contribution is -0.102. The predicted molar refractivity (Wildman–Crippen MR) is 143 cm³/mol.